The van der Waals surface area contributed by atoms with E-state index in [0.717, 1.165) is 36.9 Å². The quantitative estimate of drug-likeness (QED) is 0.643. The van der Waals surface area contributed by atoms with E-state index in [0.29, 0.717) is 23.2 Å². The summed E-state index contributed by atoms with van der Waals surface area (Å²) in [6.07, 6.45) is 7.71. The molecule has 1 fully saturated rings. The van der Waals surface area contributed by atoms with Crippen LogP contribution in [0.25, 0.3) is 22.2 Å². The number of ether oxygens (including phenoxy) is 1. The molecule has 3 heterocycles. The lowest BCUT2D eigenvalue weighted by molar-refractivity contribution is 0.0659. The van der Waals surface area contributed by atoms with E-state index in [-0.39, 0.29) is 21.9 Å². The van der Waals surface area contributed by atoms with Gasteiger partial charge in [-0.15, -0.1) is 0 Å². The summed E-state index contributed by atoms with van der Waals surface area (Å²) >= 11 is 0. The Morgan fingerprint density at radius 3 is 2.50 bits per heavy atom. The number of hydrogen-bond donors (Lipinski definition) is 2. The fourth-order valence-electron chi connectivity index (χ4n) is 4.59. The van der Waals surface area contributed by atoms with Gasteiger partial charge in [0, 0.05) is 42.2 Å². The van der Waals surface area contributed by atoms with Crippen molar-refractivity contribution in [2.24, 2.45) is 5.73 Å². The minimum Gasteiger partial charge on any atom is -0.381 e. The van der Waals surface area contributed by atoms with Crippen LogP contribution in [0.3, 0.4) is 0 Å². The van der Waals surface area contributed by atoms with Crippen LogP contribution in [0, 0.1) is 0 Å². The second-order valence-corrected chi connectivity index (χ2v) is 9.61. The molecule has 0 aromatic carbocycles. The van der Waals surface area contributed by atoms with Crippen molar-refractivity contribution in [2.75, 3.05) is 7.11 Å². The van der Waals surface area contributed by atoms with Crippen molar-refractivity contribution >= 4 is 16.8 Å². The highest BCUT2D eigenvalue weighted by Crippen LogP contribution is 2.39. The molecule has 3 aromatic heterocycles. The van der Waals surface area contributed by atoms with Gasteiger partial charge in [-0.2, -0.15) is 0 Å². The molecule has 1 amide bonds. The molecule has 0 bridgehead atoms. The Hall–Kier alpha value is -3.06. The van der Waals surface area contributed by atoms with Crippen molar-refractivity contribution in [3.63, 3.8) is 0 Å². The number of amides is 1. The molecule has 3 aromatic rings. The first-order valence-electron chi connectivity index (χ1n) is 11.0. The first-order valence-corrected chi connectivity index (χ1v) is 11.0. The number of rotatable bonds is 4. The average Bonchev–Trinajstić information content (AvgIpc) is 2.77. The highest BCUT2D eigenvalue weighted by atomic mass is 16.5. The first kappa shape index (κ1) is 22.1. The molecule has 0 saturated heterocycles. The summed E-state index contributed by atoms with van der Waals surface area (Å²) in [6.45, 7) is 6.45. The maximum atomic E-state index is 13.0. The zero-order chi connectivity index (χ0) is 23.0. The van der Waals surface area contributed by atoms with E-state index in [1.54, 1.807) is 13.2 Å². The maximum absolute atomic E-state index is 13.0. The molecule has 0 aliphatic heterocycles. The second kappa shape index (κ2) is 8.47. The predicted molar refractivity (Wildman–Crippen MR) is 125 cm³/mol. The molecule has 0 spiro atoms. The van der Waals surface area contributed by atoms with Crippen LogP contribution in [0.1, 0.15) is 74.1 Å². The molecule has 0 radical (unpaired) electrons. The summed E-state index contributed by atoms with van der Waals surface area (Å²) in [5, 5.41) is 0.213. The molecular formula is C25H30N4O3. The van der Waals surface area contributed by atoms with Gasteiger partial charge in [-0.1, -0.05) is 20.8 Å². The van der Waals surface area contributed by atoms with Gasteiger partial charge in [0.25, 0.3) is 5.91 Å². The lowest BCUT2D eigenvalue weighted by Gasteiger charge is -2.30. The summed E-state index contributed by atoms with van der Waals surface area (Å²) in [4.78, 5) is 36.8. The van der Waals surface area contributed by atoms with Gasteiger partial charge in [0.05, 0.1) is 22.7 Å². The highest BCUT2D eigenvalue weighted by Gasteiger charge is 2.27. The highest BCUT2D eigenvalue weighted by molar-refractivity contribution is 6.03. The molecule has 0 atom stereocenters. The van der Waals surface area contributed by atoms with Gasteiger partial charge in [-0.05, 0) is 49.3 Å². The summed E-state index contributed by atoms with van der Waals surface area (Å²) in [7, 11) is 1.77. The van der Waals surface area contributed by atoms with Crippen LogP contribution in [-0.4, -0.2) is 34.1 Å². The van der Waals surface area contributed by atoms with Crippen molar-refractivity contribution < 1.29 is 9.53 Å². The van der Waals surface area contributed by atoms with Gasteiger partial charge in [-0.3, -0.25) is 19.6 Å². The molecule has 3 N–H and O–H groups in total. The Morgan fingerprint density at radius 1 is 1.16 bits per heavy atom. The maximum Gasteiger partial charge on any atom is 0.268 e. The molecule has 7 heteroatoms. The molecule has 4 rings (SSSR count). The number of H-pyrrole nitrogens is 1. The number of primary amides is 1. The van der Waals surface area contributed by atoms with Crippen molar-refractivity contribution in [2.45, 2.75) is 63.9 Å². The van der Waals surface area contributed by atoms with Crippen LogP contribution < -0.4 is 11.2 Å². The van der Waals surface area contributed by atoms with E-state index < -0.39 is 5.91 Å². The van der Waals surface area contributed by atoms with Gasteiger partial charge >= 0.3 is 0 Å². The molecule has 1 aliphatic rings. The van der Waals surface area contributed by atoms with Gasteiger partial charge in [0.1, 0.15) is 5.69 Å². The number of nitrogens with one attached hydrogen (secondary N) is 1. The Morgan fingerprint density at radius 2 is 1.88 bits per heavy atom. The van der Waals surface area contributed by atoms with Gasteiger partial charge in [-0.25, -0.2) is 0 Å². The normalized spacial score (nSPS) is 19.2. The lowest BCUT2D eigenvalue weighted by Crippen LogP contribution is -2.21. The smallest absolute Gasteiger partial charge is 0.268 e. The van der Waals surface area contributed by atoms with Crippen LogP contribution in [0.2, 0.25) is 0 Å². The van der Waals surface area contributed by atoms with Crippen LogP contribution in [0.4, 0.5) is 0 Å². The molecule has 168 valence electrons. The summed E-state index contributed by atoms with van der Waals surface area (Å²) in [5.41, 5.74) is 9.37. The van der Waals surface area contributed by atoms with Crippen LogP contribution in [-0.2, 0) is 10.2 Å². The van der Waals surface area contributed by atoms with Gasteiger partial charge in [0.15, 0.2) is 5.43 Å². The summed E-state index contributed by atoms with van der Waals surface area (Å²) in [5.74, 6) is -0.362. The van der Waals surface area contributed by atoms with Crippen molar-refractivity contribution in [3.05, 3.63) is 57.8 Å². The Balaban J connectivity index is 1.87. The number of aromatic nitrogens is 3. The Bertz CT molecular complexity index is 1220. The van der Waals surface area contributed by atoms with Crippen LogP contribution in [0.15, 0.2) is 35.4 Å². The topological polar surface area (TPSA) is 111 Å². The molecule has 1 aliphatic carbocycles. The van der Waals surface area contributed by atoms with Crippen molar-refractivity contribution in [1.82, 2.24) is 15.0 Å². The van der Waals surface area contributed by atoms with E-state index in [1.807, 2.05) is 6.20 Å². The zero-order valence-electron chi connectivity index (χ0n) is 19.1. The number of carbonyl (C=O) groups is 1. The van der Waals surface area contributed by atoms with Crippen LogP contribution in [0.5, 0.6) is 0 Å². The van der Waals surface area contributed by atoms with E-state index in [1.165, 1.54) is 17.8 Å². The van der Waals surface area contributed by atoms with E-state index in [2.05, 4.69) is 36.8 Å². The molecule has 0 unspecified atom stereocenters. The SMILES string of the molecule is COC1CCC(c2cc(C(C)(C)C)ncc2-c2cc(=O)c3c(C(N)=O)nccc3[nH]2)CC1. The standard InChI is InChI=1S/C25H30N4O3/c1-25(2,3)21-11-16(14-5-7-15(32-4)8-6-14)17(13-28-21)19-12-20(30)22-18(29-19)9-10-27-23(22)24(26)31/h9-15H,5-8H2,1-4H3,(H2,26,31)(H,29,30). The molecule has 32 heavy (non-hydrogen) atoms. The summed E-state index contributed by atoms with van der Waals surface area (Å²) < 4.78 is 5.56. The number of hydrogen-bond acceptors (Lipinski definition) is 5. The number of nitrogens with zero attached hydrogens (tertiary/aromatic N) is 2. The Labute approximate surface area is 187 Å². The zero-order valence-corrected chi connectivity index (χ0v) is 19.1. The third kappa shape index (κ3) is 4.17. The first-order chi connectivity index (χ1) is 15.2. The third-order valence-electron chi connectivity index (χ3n) is 6.42. The van der Waals surface area contributed by atoms with Gasteiger partial charge < -0.3 is 15.5 Å². The second-order valence-electron chi connectivity index (χ2n) is 9.61. The van der Waals surface area contributed by atoms with Crippen molar-refractivity contribution in [1.29, 1.82) is 0 Å². The fourth-order valence-corrected chi connectivity index (χ4v) is 4.59. The number of carbonyl (C=O) groups excluding carboxylic acids is 1. The number of methoxy groups -OCH3 is 1. The number of fused-ring (bicyclic) bond motifs is 1. The third-order valence-corrected chi connectivity index (χ3v) is 6.42. The number of nitrogens with two attached hydrogens (primary N) is 1. The fraction of sp³-hybridized carbons (Fsp3) is 0.440. The minimum atomic E-state index is -0.722. The lowest BCUT2D eigenvalue weighted by atomic mass is 9.79. The Kier molecular flexibility index (Phi) is 5.86. The van der Waals surface area contributed by atoms with Crippen LogP contribution >= 0.6 is 0 Å². The monoisotopic (exact) mass is 434 g/mol. The van der Waals surface area contributed by atoms with E-state index in [4.69, 9.17) is 15.5 Å². The van der Waals surface area contributed by atoms with E-state index >= 15 is 0 Å². The largest absolute Gasteiger partial charge is 0.381 e. The average molecular weight is 435 g/mol. The predicted octanol–water partition coefficient (Wildman–Crippen LogP) is 4.05. The summed E-state index contributed by atoms with van der Waals surface area (Å²) in [6, 6.07) is 5.40. The number of pyridine rings is 3. The number of aromatic amines is 1. The minimum absolute atomic E-state index is 0.0189. The van der Waals surface area contributed by atoms with E-state index in [9.17, 15) is 9.59 Å². The molecule has 1 saturated carbocycles. The van der Waals surface area contributed by atoms with Crippen molar-refractivity contribution in [3.8, 4) is 11.3 Å². The van der Waals surface area contributed by atoms with Gasteiger partial charge in [0.2, 0.25) is 0 Å². The molecule has 7 nitrogen and oxygen atoms in total. The molecular weight excluding hydrogens is 404 g/mol.